The van der Waals surface area contributed by atoms with Crippen molar-refractivity contribution in [2.75, 3.05) is 13.7 Å². The van der Waals surface area contributed by atoms with Gasteiger partial charge in [0.25, 0.3) is 0 Å². The maximum absolute atomic E-state index is 10.4. The summed E-state index contributed by atoms with van der Waals surface area (Å²) in [6.45, 7) is 2.23. The first-order valence-corrected chi connectivity index (χ1v) is 2.53. The van der Waals surface area contributed by atoms with Gasteiger partial charge in [0.1, 0.15) is 0 Å². The van der Waals surface area contributed by atoms with Crippen molar-refractivity contribution in [1.29, 1.82) is 0 Å². The summed E-state index contributed by atoms with van der Waals surface area (Å²) >= 11 is 0. The molecule has 8 heavy (non-hydrogen) atoms. The van der Waals surface area contributed by atoms with Crippen LogP contribution in [-0.4, -0.2) is 26.8 Å². The first kappa shape index (κ1) is 7.49. The molecule has 1 radical (unpaired) electrons. The molecule has 0 saturated carbocycles. The molecule has 2 N–H and O–H groups in total. The maximum Gasteiger partial charge on any atom is 0.229 e. The van der Waals surface area contributed by atoms with E-state index >= 15 is 0 Å². The van der Waals surface area contributed by atoms with Gasteiger partial charge in [0, 0.05) is 0 Å². The minimum atomic E-state index is -0.0423. The molecule has 0 aromatic heterocycles. The lowest BCUT2D eigenvalue weighted by molar-refractivity contribution is 0.258. The smallest absolute Gasteiger partial charge is 0.229 e. The Labute approximate surface area is 50.1 Å². The van der Waals surface area contributed by atoms with Crippen LogP contribution in [0.4, 0.5) is 4.79 Å². The van der Waals surface area contributed by atoms with Crippen LogP contribution in [0, 0.1) is 0 Å². The molecular formula is C4H10BN2O. The fourth-order valence-corrected chi connectivity index (χ4v) is 0.278. The highest BCUT2D eigenvalue weighted by Gasteiger charge is 1.92. The summed E-state index contributed by atoms with van der Waals surface area (Å²) in [7, 11) is 3.26. The predicted octanol–water partition coefficient (Wildman–Crippen LogP) is -0.375. The van der Waals surface area contributed by atoms with Crippen molar-refractivity contribution in [3.8, 4) is 0 Å². The molecule has 0 bridgehead atoms. The fourth-order valence-electron chi connectivity index (χ4n) is 0.278. The molecule has 0 unspecified atom stereocenters. The molecule has 4 heteroatoms. The molecule has 3 nitrogen and oxygen atoms in total. The maximum atomic E-state index is 10.4. The lowest BCUT2D eigenvalue weighted by Gasteiger charge is -1.98. The summed E-state index contributed by atoms with van der Waals surface area (Å²) in [4.78, 5) is 10.4. The van der Waals surface area contributed by atoms with E-state index in [9.17, 15) is 4.79 Å². The van der Waals surface area contributed by atoms with Gasteiger partial charge in [-0.15, -0.1) is 0 Å². The van der Waals surface area contributed by atoms with Crippen molar-refractivity contribution in [3.05, 3.63) is 0 Å². The Hall–Kier alpha value is -0.505. The Bertz CT molecular complexity index is 76.4. The van der Waals surface area contributed by atoms with E-state index in [-0.39, 0.29) is 5.81 Å². The molecule has 1 amide bonds. The monoisotopic (exact) mass is 113 g/mol. The number of rotatable bonds is 3. The Morgan fingerprint density at radius 2 is 2.38 bits per heavy atom. The van der Waals surface area contributed by atoms with Crippen molar-refractivity contribution < 1.29 is 4.79 Å². The highest BCUT2D eigenvalue weighted by Crippen LogP contribution is 1.61. The summed E-state index contributed by atoms with van der Waals surface area (Å²) in [5, 5.41) is 5.36. The third kappa shape index (κ3) is 3.68. The molecule has 0 fully saturated rings. The van der Waals surface area contributed by atoms with Crippen LogP contribution in [0.2, 0.25) is 6.82 Å². The quantitative estimate of drug-likeness (QED) is 0.387. The summed E-state index contributed by atoms with van der Waals surface area (Å²) < 4.78 is 0. The van der Waals surface area contributed by atoms with Gasteiger partial charge < -0.3 is 10.6 Å². The molecule has 0 aliphatic carbocycles. The SMILES string of the molecule is C[B]C(=O)NCNC. The van der Waals surface area contributed by atoms with Crippen molar-refractivity contribution in [2.45, 2.75) is 6.82 Å². The first-order valence-electron chi connectivity index (χ1n) is 2.53. The first-order chi connectivity index (χ1) is 3.81. The van der Waals surface area contributed by atoms with Crippen molar-refractivity contribution >= 4 is 13.1 Å². The van der Waals surface area contributed by atoms with Crippen LogP contribution in [0.25, 0.3) is 0 Å². The molecule has 0 saturated heterocycles. The highest BCUT2D eigenvalue weighted by molar-refractivity contribution is 6.72. The van der Waals surface area contributed by atoms with Crippen LogP contribution >= 0.6 is 0 Å². The Kier molecular flexibility index (Phi) is 4.36. The molecule has 0 rings (SSSR count). The van der Waals surface area contributed by atoms with E-state index < -0.39 is 0 Å². The van der Waals surface area contributed by atoms with Gasteiger partial charge in [0.05, 0.1) is 6.67 Å². The summed E-state index contributed by atoms with van der Waals surface area (Å²) in [6.07, 6.45) is 0. The van der Waals surface area contributed by atoms with Gasteiger partial charge in [-0.3, -0.25) is 4.79 Å². The number of hydrogen-bond donors (Lipinski definition) is 2. The van der Waals surface area contributed by atoms with Gasteiger partial charge in [-0.2, -0.15) is 0 Å². The normalized spacial score (nSPS) is 8.25. The van der Waals surface area contributed by atoms with E-state index in [4.69, 9.17) is 0 Å². The number of hydrogen-bond acceptors (Lipinski definition) is 2. The standard InChI is InChI=1S/C4H10BN2O/c1-5-4(8)7-3-6-2/h6H,3H2,1-2H3,(H,7,8). The van der Waals surface area contributed by atoms with Crippen molar-refractivity contribution in [2.24, 2.45) is 0 Å². The summed E-state index contributed by atoms with van der Waals surface area (Å²) in [5.41, 5.74) is 0. The molecule has 0 atom stereocenters. The zero-order valence-electron chi connectivity index (χ0n) is 5.19. The molecule has 45 valence electrons. The van der Waals surface area contributed by atoms with E-state index in [1.807, 2.05) is 0 Å². The topological polar surface area (TPSA) is 41.1 Å². The second-order valence-corrected chi connectivity index (χ2v) is 1.36. The average Bonchev–Trinajstić information content (AvgIpc) is 1.83. The third-order valence-electron chi connectivity index (χ3n) is 0.702. The Morgan fingerprint density at radius 3 is 2.75 bits per heavy atom. The molecule has 0 heterocycles. The van der Waals surface area contributed by atoms with Crippen LogP contribution < -0.4 is 10.6 Å². The van der Waals surface area contributed by atoms with E-state index in [1.165, 1.54) is 7.28 Å². The summed E-state index contributed by atoms with van der Waals surface area (Å²) in [5.74, 6) is -0.0423. The zero-order valence-corrected chi connectivity index (χ0v) is 5.19. The molecule has 0 aromatic carbocycles. The average molecular weight is 113 g/mol. The predicted molar refractivity (Wildman–Crippen MR) is 34.1 cm³/mol. The van der Waals surface area contributed by atoms with Gasteiger partial charge >= 0.3 is 0 Å². The summed E-state index contributed by atoms with van der Waals surface area (Å²) in [6, 6.07) is 0. The van der Waals surface area contributed by atoms with Crippen LogP contribution in [0.15, 0.2) is 0 Å². The molecule has 0 spiro atoms. The van der Waals surface area contributed by atoms with Gasteiger partial charge in [0.15, 0.2) is 5.81 Å². The highest BCUT2D eigenvalue weighted by atomic mass is 16.1. The second-order valence-electron chi connectivity index (χ2n) is 1.36. The van der Waals surface area contributed by atoms with Crippen LogP contribution in [0.3, 0.4) is 0 Å². The van der Waals surface area contributed by atoms with E-state index in [2.05, 4.69) is 10.6 Å². The van der Waals surface area contributed by atoms with Gasteiger partial charge in [-0.25, -0.2) is 0 Å². The van der Waals surface area contributed by atoms with Gasteiger partial charge in [-0.1, -0.05) is 6.82 Å². The third-order valence-corrected chi connectivity index (χ3v) is 0.702. The van der Waals surface area contributed by atoms with Crippen molar-refractivity contribution in [3.63, 3.8) is 0 Å². The van der Waals surface area contributed by atoms with Gasteiger partial charge in [0.2, 0.25) is 7.28 Å². The number of carbonyl (C=O) groups excluding carboxylic acids is 1. The zero-order chi connectivity index (χ0) is 6.41. The Balaban J connectivity index is 2.99. The Morgan fingerprint density at radius 1 is 1.75 bits per heavy atom. The number of carbonyl (C=O) groups is 1. The van der Waals surface area contributed by atoms with E-state index in [0.717, 1.165) is 0 Å². The van der Waals surface area contributed by atoms with Crippen LogP contribution in [-0.2, 0) is 0 Å². The lowest BCUT2D eigenvalue weighted by atomic mass is 9.81. The molecular weight excluding hydrogens is 103 g/mol. The largest absolute Gasteiger partial charge is 0.353 e. The minimum absolute atomic E-state index is 0.0423. The lowest BCUT2D eigenvalue weighted by Crippen LogP contribution is -2.33. The van der Waals surface area contributed by atoms with Crippen LogP contribution in [0.1, 0.15) is 0 Å². The van der Waals surface area contributed by atoms with Crippen molar-refractivity contribution in [1.82, 2.24) is 10.6 Å². The molecule has 0 aromatic rings. The number of nitrogens with one attached hydrogen (secondary N) is 2. The fraction of sp³-hybridized carbons (Fsp3) is 0.750. The van der Waals surface area contributed by atoms with Crippen LogP contribution in [0.5, 0.6) is 0 Å². The van der Waals surface area contributed by atoms with Gasteiger partial charge in [-0.05, 0) is 7.05 Å². The van der Waals surface area contributed by atoms with E-state index in [0.29, 0.717) is 6.67 Å². The second kappa shape index (κ2) is 4.65. The molecule has 0 aliphatic heterocycles. The number of amides is 1. The van der Waals surface area contributed by atoms with E-state index in [1.54, 1.807) is 13.9 Å². The minimum Gasteiger partial charge on any atom is -0.353 e. The molecule has 0 aliphatic rings.